The summed E-state index contributed by atoms with van der Waals surface area (Å²) < 4.78 is 0. The first-order valence-electron chi connectivity index (χ1n) is 13.7. The van der Waals surface area contributed by atoms with E-state index in [1.54, 1.807) is 0 Å². The molecule has 0 fully saturated rings. The molecule has 196 valence electrons. The van der Waals surface area contributed by atoms with Crippen molar-refractivity contribution in [3.05, 3.63) is 107 Å². The molecule has 0 aliphatic carbocycles. The zero-order valence-corrected chi connectivity index (χ0v) is 23.8. The lowest BCUT2D eigenvalue weighted by atomic mass is 9.75. The van der Waals surface area contributed by atoms with Crippen LogP contribution in [-0.2, 0) is 6.42 Å². The van der Waals surface area contributed by atoms with Crippen LogP contribution in [0.1, 0.15) is 42.0 Å². The van der Waals surface area contributed by atoms with Crippen molar-refractivity contribution in [2.24, 2.45) is 0 Å². The van der Waals surface area contributed by atoms with E-state index in [4.69, 9.17) is 23.5 Å². The molecule has 6 radical (unpaired) electrons. The van der Waals surface area contributed by atoms with Gasteiger partial charge in [-0.15, -0.1) is 0 Å². The van der Waals surface area contributed by atoms with E-state index in [1.807, 2.05) is 49.3 Å². The summed E-state index contributed by atoms with van der Waals surface area (Å²) in [5, 5.41) is 11.6. The standard InChI is InChI=1S/C33H35B3N4/c1-5-26(32-28(34)11-6-12-29(32)35)31(25-17-18-30-27(21-25)33(36)39-38-30)24-15-13-23(14-16-24)10-8-20-37-19-7-9-22(2)40(3)4/h6-7,9,11-18,21,37H,2,5,8,10,19-20H2,1,3-4H3,(H,38,39)/b9-7+,31-26+. The van der Waals surface area contributed by atoms with E-state index in [-0.39, 0.29) is 0 Å². The molecule has 7 heteroatoms. The first kappa shape index (κ1) is 29.3. The van der Waals surface area contributed by atoms with Crippen LogP contribution in [0.3, 0.4) is 0 Å². The van der Waals surface area contributed by atoms with Gasteiger partial charge >= 0.3 is 0 Å². The minimum absolute atomic E-state index is 0.551. The molecular weight excluding hydrogens is 485 g/mol. The highest BCUT2D eigenvalue weighted by molar-refractivity contribution is 6.42. The quantitative estimate of drug-likeness (QED) is 0.130. The molecule has 40 heavy (non-hydrogen) atoms. The predicted octanol–water partition coefficient (Wildman–Crippen LogP) is 3.47. The zero-order chi connectivity index (χ0) is 28.6. The number of allylic oxidation sites excluding steroid dienone is 2. The van der Waals surface area contributed by atoms with Crippen molar-refractivity contribution >= 4 is 62.1 Å². The van der Waals surface area contributed by atoms with Crippen LogP contribution >= 0.6 is 0 Å². The molecule has 1 aromatic heterocycles. The van der Waals surface area contributed by atoms with Gasteiger partial charge in [0.25, 0.3) is 0 Å². The Morgan fingerprint density at radius 1 is 1.00 bits per heavy atom. The van der Waals surface area contributed by atoms with Crippen LogP contribution in [0.5, 0.6) is 0 Å². The topological polar surface area (TPSA) is 44.0 Å². The Morgan fingerprint density at radius 2 is 1.70 bits per heavy atom. The summed E-state index contributed by atoms with van der Waals surface area (Å²) in [6.45, 7) is 7.93. The SMILES string of the molecule is [B]c1cccc([B])c1/C(CC)=C(\c1ccc(CCCNC/C=C/C(=C)N(C)C)cc1)c1ccc2n[nH]c([B])c2c1. The van der Waals surface area contributed by atoms with Gasteiger partial charge in [-0.2, -0.15) is 5.10 Å². The van der Waals surface area contributed by atoms with Crippen LogP contribution in [0.4, 0.5) is 0 Å². The molecule has 3 aromatic carbocycles. The number of benzene rings is 3. The summed E-state index contributed by atoms with van der Waals surface area (Å²) in [5.74, 6) is 0. The van der Waals surface area contributed by atoms with E-state index in [0.717, 1.165) is 76.8 Å². The van der Waals surface area contributed by atoms with Crippen LogP contribution in [0.25, 0.3) is 22.0 Å². The molecule has 4 nitrogen and oxygen atoms in total. The fraction of sp³-hybridized carbons (Fsp3) is 0.242. The van der Waals surface area contributed by atoms with Crippen molar-refractivity contribution in [2.75, 3.05) is 27.2 Å². The van der Waals surface area contributed by atoms with Crippen LogP contribution in [-0.4, -0.2) is 65.8 Å². The van der Waals surface area contributed by atoms with Gasteiger partial charge < -0.3 is 10.2 Å². The molecule has 2 N–H and O–H groups in total. The monoisotopic (exact) mass is 520 g/mol. The van der Waals surface area contributed by atoms with Crippen molar-refractivity contribution in [3.63, 3.8) is 0 Å². The second-order valence-corrected chi connectivity index (χ2v) is 10.2. The van der Waals surface area contributed by atoms with E-state index in [2.05, 4.69) is 71.5 Å². The molecule has 0 unspecified atom stereocenters. The molecule has 0 aliphatic heterocycles. The number of nitrogens with one attached hydrogen (secondary N) is 2. The Morgan fingerprint density at radius 3 is 2.38 bits per heavy atom. The normalized spacial score (nSPS) is 12.2. The maximum Gasteiger partial charge on any atom is 0.141 e. The summed E-state index contributed by atoms with van der Waals surface area (Å²) in [7, 11) is 23.1. The molecule has 0 atom stereocenters. The number of aryl methyl sites for hydroxylation is 1. The number of likely N-dealkylation sites (N-methyl/N-ethyl adjacent to an activating group) is 1. The highest BCUT2D eigenvalue weighted by Gasteiger charge is 2.17. The fourth-order valence-electron chi connectivity index (χ4n) is 4.90. The highest BCUT2D eigenvalue weighted by Crippen LogP contribution is 2.34. The maximum absolute atomic E-state index is 6.47. The molecule has 0 bridgehead atoms. The Kier molecular flexibility index (Phi) is 9.95. The largest absolute Gasteiger partial charge is 0.378 e. The van der Waals surface area contributed by atoms with Crippen LogP contribution in [0.15, 0.2) is 85.1 Å². The van der Waals surface area contributed by atoms with Gasteiger partial charge in [0, 0.05) is 31.7 Å². The summed E-state index contributed by atoms with van der Waals surface area (Å²) >= 11 is 0. The number of rotatable bonds is 12. The van der Waals surface area contributed by atoms with Crippen molar-refractivity contribution < 1.29 is 0 Å². The maximum atomic E-state index is 6.47. The molecule has 0 aliphatic rings. The number of hydrogen-bond acceptors (Lipinski definition) is 3. The Hall–Kier alpha value is -3.70. The molecule has 0 spiro atoms. The lowest BCUT2D eigenvalue weighted by Crippen LogP contribution is -2.22. The third kappa shape index (κ3) is 6.89. The molecule has 0 saturated carbocycles. The van der Waals surface area contributed by atoms with Crippen LogP contribution < -0.4 is 21.8 Å². The van der Waals surface area contributed by atoms with Crippen molar-refractivity contribution in [1.29, 1.82) is 0 Å². The van der Waals surface area contributed by atoms with Gasteiger partial charge in [0.1, 0.15) is 23.5 Å². The van der Waals surface area contributed by atoms with Gasteiger partial charge in [0.15, 0.2) is 0 Å². The van der Waals surface area contributed by atoms with E-state index >= 15 is 0 Å². The molecule has 0 saturated heterocycles. The van der Waals surface area contributed by atoms with Crippen LogP contribution in [0, 0.1) is 0 Å². The minimum atomic E-state index is 0.551. The lowest BCUT2D eigenvalue weighted by Gasteiger charge is -2.20. The predicted molar refractivity (Wildman–Crippen MR) is 175 cm³/mol. The van der Waals surface area contributed by atoms with Gasteiger partial charge in [-0.3, -0.25) is 5.10 Å². The van der Waals surface area contributed by atoms with E-state index < -0.39 is 0 Å². The zero-order valence-electron chi connectivity index (χ0n) is 23.8. The van der Waals surface area contributed by atoms with E-state index in [0.29, 0.717) is 16.5 Å². The second kappa shape index (κ2) is 13.6. The second-order valence-electron chi connectivity index (χ2n) is 10.2. The van der Waals surface area contributed by atoms with Crippen molar-refractivity contribution in [2.45, 2.75) is 26.2 Å². The first-order chi connectivity index (χ1) is 19.3. The van der Waals surface area contributed by atoms with Gasteiger partial charge in [0.05, 0.1) is 5.52 Å². The number of aromatic amines is 1. The van der Waals surface area contributed by atoms with Crippen LogP contribution in [0.2, 0.25) is 0 Å². The van der Waals surface area contributed by atoms with Gasteiger partial charge in [-0.1, -0.05) is 79.0 Å². The Bertz CT molecular complexity index is 1510. The summed E-state index contributed by atoms with van der Waals surface area (Å²) in [6, 6.07) is 20.7. The van der Waals surface area contributed by atoms with Gasteiger partial charge in [-0.25, -0.2) is 0 Å². The third-order valence-electron chi connectivity index (χ3n) is 7.17. The third-order valence-corrected chi connectivity index (χ3v) is 7.17. The average Bonchev–Trinajstić information content (AvgIpc) is 3.32. The van der Waals surface area contributed by atoms with E-state index in [1.165, 1.54) is 5.56 Å². The van der Waals surface area contributed by atoms with Gasteiger partial charge in [0.2, 0.25) is 0 Å². The Labute approximate surface area is 242 Å². The number of hydrogen-bond donors (Lipinski definition) is 2. The molecule has 4 aromatic rings. The summed E-state index contributed by atoms with van der Waals surface area (Å²) in [6.07, 6.45) is 6.96. The highest BCUT2D eigenvalue weighted by atomic mass is 15.1. The van der Waals surface area contributed by atoms with E-state index in [9.17, 15) is 0 Å². The number of nitrogens with zero attached hydrogens (tertiary/aromatic N) is 2. The average molecular weight is 520 g/mol. The Balaban J connectivity index is 1.59. The molecule has 4 rings (SSSR count). The van der Waals surface area contributed by atoms with Crippen molar-refractivity contribution in [3.8, 4) is 0 Å². The fourth-order valence-corrected chi connectivity index (χ4v) is 4.90. The molecule has 1 heterocycles. The number of H-pyrrole nitrogens is 1. The minimum Gasteiger partial charge on any atom is -0.378 e. The summed E-state index contributed by atoms with van der Waals surface area (Å²) in [5.41, 5.74) is 10.2. The molecule has 0 amide bonds. The molecular formula is C33H35B3N4. The van der Waals surface area contributed by atoms with Gasteiger partial charge in [-0.05, 0) is 83.0 Å². The number of fused-ring (bicyclic) bond motifs is 1. The number of aromatic nitrogens is 2. The van der Waals surface area contributed by atoms with Crippen molar-refractivity contribution in [1.82, 2.24) is 20.4 Å². The first-order valence-corrected chi connectivity index (χ1v) is 13.7. The lowest BCUT2D eigenvalue weighted by molar-refractivity contribution is 0.532. The summed E-state index contributed by atoms with van der Waals surface area (Å²) in [4.78, 5) is 2.00. The smallest absolute Gasteiger partial charge is 0.141 e.